The highest BCUT2D eigenvalue weighted by Gasteiger charge is 2.28. The van der Waals surface area contributed by atoms with Gasteiger partial charge in [-0.2, -0.15) is 11.3 Å². The molecule has 0 bridgehead atoms. The van der Waals surface area contributed by atoms with Gasteiger partial charge < -0.3 is 15.3 Å². The minimum Gasteiger partial charge on any atom is -0.394 e. The Balaban J connectivity index is 1.66. The summed E-state index contributed by atoms with van der Waals surface area (Å²) in [7, 11) is 0. The fourth-order valence-electron chi connectivity index (χ4n) is 2.71. The average molecular weight is 348 g/mol. The van der Waals surface area contributed by atoms with Gasteiger partial charge in [-0.05, 0) is 47.4 Å². The van der Waals surface area contributed by atoms with Gasteiger partial charge in [-0.15, -0.1) is 11.8 Å². The topological polar surface area (TPSA) is 52.6 Å². The number of anilines is 1. The number of benzene rings is 1. The Morgan fingerprint density at radius 1 is 1.39 bits per heavy atom. The average Bonchev–Trinajstić information content (AvgIpc) is 3.25. The fraction of sp³-hybridized carbons (Fsp3) is 0.353. The van der Waals surface area contributed by atoms with Gasteiger partial charge in [-0.3, -0.25) is 0 Å². The molecule has 4 nitrogen and oxygen atoms in total. The van der Waals surface area contributed by atoms with Crippen LogP contribution in [0.1, 0.15) is 18.4 Å². The minimum absolute atomic E-state index is 0.0297. The maximum absolute atomic E-state index is 12.5. The molecule has 23 heavy (non-hydrogen) atoms. The number of para-hydroxylation sites is 1. The zero-order valence-electron chi connectivity index (χ0n) is 12.8. The Bertz CT molecular complexity index is 646. The van der Waals surface area contributed by atoms with Crippen LogP contribution in [0.4, 0.5) is 10.5 Å². The lowest BCUT2D eigenvalue weighted by Gasteiger charge is -2.24. The molecule has 0 unspecified atom stereocenters. The van der Waals surface area contributed by atoms with E-state index in [9.17, 15) is 9.90 Å². The van der Waals surface area contributed by atoms with E-state index in [1.165, 1.54) is 5.56 Å². The summed E-state index contributed by atoms with van der Waals surface area (Å²) in [6, 6.07) is 9.81. The summed E-state index contributed by atoms with van der Waals surface area (Å²) >= 11 is 3.42. The van der Waals surface area contributed by atoms with Gasteiger partial charge in [-0.25, -0.2) is 4.79 Å². The molecule has 0 radical (unpaired) electrons. The molecule has 2 N–H and O–H groups in total. The SMILES string of the molecule is O=C(Nc1ccccc1SCc1ccsc1)N1CCC[C@@H]1CO. The van der Waals surface area contributed by atoms with Gasteiger partial charge in [0.15, 0.2) is 0 Å². The van der Waals surface area contributed by atoms with Crippen molar-refractivity contribution in [3.8, 4) is 0 Å². The van der Waals surface area contributed by atoms with Crippen LogP contribution < -0.4 is 5.32 Å². The monoisotopic (exact) mass is 348 g/mol. The van der Waals surface area contributed by atoms with Crippen LogP contribution in [0.15, 0.2) is 46.0 Å². The lowest BCUT2D eigenvalue weighted by Crippen LogP contribution is -2.40. The van der Waals surface area contributed by atoms with Crippen molar-refractivity contribution >= 4 is 34.8 Å². The molecule has 122 valence electrons. The van der Waals surface area contributed by atoms with E-state index in [0.717, 1.165) is 29.2 Å². The Morgan fingerprint density at radius 2 is 2.26 bits per heavy atom. The number of hydrogen-bond donors (Lipinski definition) is 2. The number of nitrogens with zero attached hydrogens (tertiary/aromatic N) is 1. The van der Waals surface area contributed by atoms with E-state index in [1.807, 2.05) is 24.3 Å². The summed E-state index contributed by atoms with van der Waals surface area (Å²) in [6.45, 7) is 0.739. The second kappa shape index (κ2) is 7.86. The Kier molecular flexibility index (Phi) is 5.59. The van der Waals surface area contributed by atoms with Crippen LogP contribution in [0.2, 0.25) is 0 Å². The van der Waals surface area contributed by atoms with E-state index in [-0.39, 0.29) is 18.7 Å². The number of rotatable bonds is 5. The molecule has 0 aliphatic carbocycles. The zero-order chi connectivity index (χ0) is 16.1. The summed E-state index contributed by atoms with van der Waals surface area (Å²) in [5.74, 6) is 0.888. The number of thiophene rings is 1. The quantitative estimate of drug-likeness (QED) is 0.802. The van der Waals surface area contributed by atoms with Crippen molar-refractivity contribution in [3.63, 3.8) is 0 Å². The van der Waals surface area contributed by atoms with Gasteiger partial charge in [0.25, 0.3) is 0 Å². The van der Waals surface area contributed by atoms with Crippen molar-refractivity contribution in [3.05, 3.63) is 46.7 Å². The van der Waals surface area contributed by atoms with Crippen LogP contribution in [0, 0.1) is 0 Å². The Morgan fingerprint density at radius 3 is 3.04 bits per heavy atom. The maximum Gasteiger partial charge on any atom is 0.322 e. The lowest BCUT2D eigenvalue weighted by atomic mass is 10.2. The summed E-state index contributed by atoms with van der Waals surface area (Å²) in [5, 5.41) is 16.6. The smallest absolute Gasteiger partial charge is 0.322 e. The number of aliphatic hydroxyl groups is 1. The first-order valence-electron chi connectivity index (χ1n) is 7.69. The number of amides is 2. The molecule has 2 heterocycles. The maximum atomic E-state index is 12.5. The number of hydrogen-bond acceptors (Lipinski definition) is 4. The number of carbonyl (C=O) groups is 1. The number of likely N-dealkylation sites (tertiary alicyclic amines) is 1. The largest absolute Gasteiger partial charge is 0.394 e. The molecule has 1 aromatic heterocycles. The van der Waals surface area contributed by atoms with Crippen LogP contribution in [-0.2, 0) is 5.75 Å². The van der Waals surface area contributed by atoms with Gasteiger partial charge in [0.1, 0.15) is 0 Å². The number of carbonyl (C=O) groups excluding carboxylic acids is 1. The summed E-state index contributed by atoms with van der Waals surface area (Å²) in [5.41, 5.74) is 2.13. The Labute approximate surface area is 144 Å². The van der Waals surface area contributed by atoms with Gasteiger partial charge in [0, 0.05) is 17.2 Å². The predicted molar refractivity (Wildman–Crippen MR) is 96.2 cm³/mol. The molecule has 2 aromatic rings. The summed E-state index contributed by atoms with van der Waals surface area (Å²) in [6.07, 6.45) is 1.83. The second-order valence-electron chi connectivity index (χ2n) is 5.52. The molecule has 3 rings (SSSR count). The molecule has 0 saturated carbocycles. The normalized spacial score (nSPS) is 17.4. The lowest BCUT2D eigenvalue weighted by molar-refractivity contribution is 0.166. The predicted octanol–water partition coefficient (Wildman–Crippen LogP) is 4.03. The molecule has 1 saturated heterocycles. The van der Waals surface area contributed by atoms with Crippen LogP contribution in [-0.4, -0.2) is 35.2 Å². The molecule has 1 atom stereocenters. The first kappa shape index (κ1) is 16.4. The van der Waals surface area contributed by atoms with Crippen molar-refractivity contribution < 1.29 is 9.90 Å². The van der Waals surface area contributed by atoms with E-state index < -0.39 is 0 Å². The third-order valence-electron chi connectivity index (χ3n) is 3.95. The van der Waals surface area contributed by atoms with Gasteiger partial charge >= 0.3 is 6.03 Å². The molecule has 1 fully saturated rings. The third kappa shape index (κ3) is 4.07. The molecular weight excluding hydrogens is 328 g/mol. The standard InChI is InChI=1S/C17H20N2O2S2/c20-10-14-4-3-8-19(14)17(21)18-15-5-1-2-6-16(15)23-12-13-7-9-22-11-13/h1-2,5-7,9,11,14,20H,3-4,8,10,12H2,(H,18,21)/t14-/m1/s1. The van der Waals surface area contributed by atoms with E-state index >= 15 is 0 Å². The van der Waals surface area contributed by atoms with Crippen molar-refractivity contribution in [1.29, 1.82) is 0 Å². The van der Waals surface area contributed by atoms with Crippen molar-refractivity contribution in [1.82, 2.24) is 4.90 Å². The first-order chi connectivity index (χ1) is 11.3. The molecule has 1 aliphatic heterocycles. The summed E-state index contributed by atoms with van der Waals surface area (Å²) in [4.78, 5) is 15.3. The highest BCUT2D eigenvalue weighted by molar-refractivity contribution is 7.98. The zero-order valence-corrected chi connectivity index (χ0v) is 14.4. The number of thioether (sulfide) groups is 1. The minimum atomic E-state index is -0.120. The molecule has 6 heteroatoms. The second-order valence-corrected chi connectivity index (χ2v) is 7.32. The van der Waals surface area contributed by atoms with E-state index in [4.69, 9.17) is 0 Å². The first-order valence-corrected chi connectivity index (χ1v) is 9.62. The van der Waals surface area contributed by atoms with Gasteiger partial charge in [0.2, 0.25) is 0 Å². The van der Waals surface area contributed by atoms with Crippen LogP contribution in [0.25, 0.3) is 0 Å². The van der Waals surface area contributed by atoms with Crippen LogP contribution in [0.5, 0.6) is 0 Å². The van der Waals surface area contributed by atoms with E-state index in [1.54, 1.807) is 28.0 Å². The molecule has 0 spiro atoms. The van der Waals surface area contributed by atoms with Crippen molar-refractivity contribution in [2.45, 2.75) is 29.5 Å². The number of urea groups is 1. The molecule has 2 amide bonds. The number of aliphatic hydroxyl groups excluding tert-OH is 1. The van der Waals surface area contributed by atoms with Crippen molar-refractivity contribution in [2.75, 3.05) is 18.5 Å². The highest BCUT2D eigenvalue weighted by Crippen LogP contribution is 2.31. The van der Waals surface area contributed by atoms with Crippen LogP contribution >= 0.6 is 23.1 Å². The fourth-order valence-corrected chi connectivity index (χ4v) is 4.44. The summed E-state index contributed by atoms with van der Waals surface area (Å²) < 4.78 is 0. The molecule has 1 aliphatic rings. The van der Waals surface area contributed by atoms with Gasteiger partial charge in [0.05, 0.1) is 18.3 Å². The number of nitrogens with one attached hydrogen (secondary N) is 1. The third-order valence-corrected chi connectivity index (χ3v) is 5.83. The highest BCUT2D eigenvalue weighted by atomic mass is 32.2. The van der Waals surface area contributed by atoms with E-state index in [2.05, 4.69) is 22.1 Å². The molecule has 1 aromatic carbocycles. The van der Waals surface area contributed by atoms with E-state index in [0.29, 0.717) is 6.54 Å². The van der Waals surface area contributed by atoms with Crippen LogP contribution in [0.3, 0.4) is 0 Å². The molecular formula is C17H20N2O2S2. The van der Waals surface area contributed by atoms with Crippen molar-refractivity contribution in [2.24, 2.45) is 0 Å². The van der Waals surface area contributed by atoms with Gasteiger partial charge in [-0.1, -0.05) is 12.1 Å². The Hall–Kier alpha value is -1.50.